The van der Waals surface area contributed by atoms with Crippen LogP contribution >= 0.6 is 0 Å². The second-order valence-electron chi connectivity index (χ2n) is 13.1. The average molecular weight is 588 g/mol. The number of benzene rings is 4. The van der Waals surface area contributed by atoms with Crippen molar-refractivity contribution < 1.29 is 14.5 Å². The Morgan fingerprint density at radius 2 is 1.53 bits per heavy atom. The highest BCUT2D eigenvalue weighted by Gasteiger charge is 2.51. The summed E-state index contributed by atoms with van der Waals surface area (Å²) >= 11 is 0. The van der Waals surface area contributed by atoms with Crippen LogP contribution < -0.4 is 10.2 Å². The number of hydrogen-bond acceptors (Lipinski definition) is 5. The molecule has 0 bridgehead atoms. The summed E-state index contributed by atoms with van der Waals surface area (Å²) in [6, 6.07) is 34.0. The molecule has 0 saturated carbocycles. The number of allylic oxidation sites excluding steroid dienone is 4. The van der Waals surface area contributed by atoms with Crippen LogP contribution in [0.4, 0.5) is 0 Å². The maximum Gasteiger partial charge on any atom is 0.330 e. The van der Waals surface area contributed by atoms with E-state index in [0.29, 0.717) is 17.6 Å². The third kappa shape index (κ3) is 4.45. The van der Waals surface area contributed by atoms with E-state index in [-0.39, 0.29) is 5.92 Å². The molecule has 0 saturated heterocycles. The summed E-state index contributed by atoms with van der Waals surface area (Å²) in [7, 11) is 1.74. The molecule has 0 aromatic heterocycles. The quantitative estimate of drug-likeness (QED) is 0.213. The Labute approximate surface area is 265 Å². The van der Waals surface area contributed by atoms with Crippen molar-refractivity contribution in [2.45, 2.75) is 56.7 Å². The fraction of sp³-hybridized carbons (Fsp3) is 0.231. The molecule has 3 aliphatic rings. The Morgan fingerprint density at radius 1 is 0.822 bits per heavy atom. The van der Waals surface area contributed by atoms with Crippen molar-refractivity contribution in [3.63, 3.8) is 0 Å². The fourth-order valence-corrected chi connectivity index (χ4v) is 6.77. The van der Waals surface area contributed by atoms with Gasteiger partial charge in [-0.3, -0.25) is 0 Å². The van der Waals surface area contributed by atoms with Gasteiger partial charge in [-0.25, -0.2) is 0 Å². The van der Waals surface area contributed by atoms with Gasteiger partial charge >= 0.3 is 7.48 Å². The first-order chi connectivity index (χ1) is 21.6. The Kier molecular flexibility index (Phi) is 6.64. The highest BCUT2D eigenvalue weighted by atomic mass is 16.5. The normalized spacial score (nSPS) is 19.5. The number of nitriles is 2. The van der Waals surface area contributed by atoms with Crippen molar-refractivity contribution in [3.8, 4) is 34.8 Å². The number of hydrogen-bond donors (Lipinski definition) is 1. The first-order valence-electron chi connectivity index (χ1n) is 15.2. The molecule has 2 unspecified atom stereocenters. The van der Waals surface area contributed by atoms with E-state index in [9.17, 15) is 15.6 Å². The van der Waals surface area contributed by atoms with Crippen molar-refractivity contribution in [2.24, 2.45) is 0 Å². The van der Waals surface area contributed by atoms with Crippen LogP contribution in [-0.2, 0) is 10.1 Å². The van der Waals surface area contributed by atoms with E-state index < -0.39 is 16.6 Å². The highest BCUT2D eigenvalue weighted by molar-refractivity contribution is 6.47. The van der Waals surface area contributed by atoms with Crippen LogP contribution in [0.5, 0.6) is 11.5 Å². The van der Waals surface area contributed by atoms with Crippen molar-refractivity contribution >= 4 is 12.9 Å². The summed E-state index contributed by atoms with van der Waals surface area (Å²) in [5.41, 5.74) is 7.09. The molecule has 6 heteroatoms. The third-order valence-electron chi connectivity index (χ3n) is 9.80. The molecule has 7 rings (SSSR count). The minimum absolute atomic E-state index is 0.118. The van der Waals surface area contributed by atoms with E-state index in [4.69, 9.17) is 9.39 Å². The zero-order chi connectivity index (χ0) is 31.6. The van der Waals surface area contributed by atoms with E-state index in [2.05, 4.69) is 78.9 Å². The lowest BCUT2D eigenvalue weighted by atomic mass is 9.64. The van der Waals surface area contributed by atoms with Crippen LogP contribution in [0.25, 0.3) is 11.1 Å². The third-order valence-corrected chi connectivity index (χ3v) is 9.80. The topological polar surface area (TPSA) is 86.3 Å². The maximum atomic E-state index is 10.7. The van der Waals surface area contributed by atoms with Crippen LogP contribution in [0.1, 0.15) is 67.9 Å². The van der Waals surface area contributed by atoms with Gasteiger partial charge in [0, 0.05) is 28.2 Å². The van der Waals surface area contributed by atoms with Crippen LogP contribution in [0.3, 0.4) is 0 Å². The summed E-state index contributed by atoms with van der Waals surface area (Å²) in [6.45, 7) is 7.26. The standard InChI is InChI=1S/C39H32BN2O3/c1-37(2,43)38(3,4)45-40-28-14-15-30-29-9-5-6-10-31(29)39(33(30)21-28)32-11-7-8-12-35(32)44-36-16-13-26(20-34(36)39)27-18-24(22-41)17-25(19-27)23-42/h5-18,20-21,27,43H,19H2,1-4H3. The van der Waals surface area contributed by atoms with Gasteiger partial charge in [-0.2, -0.15) is 10.5 Å². The van der Waals surface area contributed by atoms with Gasteiger partial charge in [-0.15, -0.1) is 0 Å². The monoisotopic (exact) mass is 587 g/mol. The van der Waals surface area contributed by atoms with E-state index in [0.717, 1.165) is 50.3 Å². The number of aliphatic hydroxyl groups is 1. The first kappa shape index (κ1) is 28.9. The van der Waals surface area contributed by atoms with Crippen LogP contribution in [0, 0.1) is 22.7 Å². The van der Waals surface area contributed by atoms with Crippen molar-refractivity contribution in [1.82, 2.24) is 0 Å². The molecule has 2 atom stereocenters. The van der Waals surface area contributed by atoms with Crippen molar-refractivity contribution in [2.75, 3.05) is 0 Å². The summed E-state index contributed by atoms with van der Waals surface area (Å²) in [4.78, 5) is 0. The van der Waals surface area contributed by atoms with Gasteiger partial charge in [0.1, 0.15) is 11.5 Å². The van der Waals surface area contributed by atoms with Crippen LogP contribution in [-0.4, -0.2) is 23.8 Å². The predicted octanol–water partition coefficient (Wildman–Crippen LogP) is 7.35. The average Bonchev–Trinajstić information content (AvgIpc) is 3.33. The van der Waals surface area contributed by atoms with Gasteiger partial charge in [-0.05, 0) is 86.2 Å². The maximum absolute atomic E-state index is 10.7. The van der Waals surface area contributed by atoms with Crippen molar-refractivity contribution in [3.05, 3.63) is 136 Å². The van der Waals surface area contributed by atoms with Gasteiger partial charge in [-0.1, -0.05) is 78.3 Å². The number of nitrogens with zero attached hydrogens (tertiary/aromatic N) is 2. The Bertz CT molecular complexity index is 2020. The molecule has 45 heavy (non-hydrogen) atoms. The smallest absolute Gasteiger partial charge is 0.330 e. The summed E-state index contributed by atoms with van der Waals surface area (Å²) < 4.78 is 12.8. The number of fused-ring (bicyclic) bond motifs is 9. The second-order valence-corrected chi connectivity index (χ2v) is 13.1. The second kappa shape index (κ2) is 10.4. The highest BCUT2D eigenvalue weighted by Crippen LogP contribution is 2.62. The van der Waals surface area contributed by atoms with Gasteiger partial charge in [0.15, 0.2) is 0 Å². The molecule has 5 nitrogen and oxygen atoms in total. The molecule has 1 aliphatic heterocycles. The first-order valence-corrected chi connectivity index (χ1v) is 15.2. The lowest BCUT2D eigenvalue weighted by molar-refractivity contribution is -0.0893. The lowest BCUT2D eigenvalue weighted by Crippen LogP contribution is -2.49. The zero-order valence-electron chi connectivity index (χ0n) is 25.8. The fourth-order valence-electron chi connectivity index (χ4n) is 6.77. The lowest BCUT2D eigenvalue weighted by Gasteiger charge is -2.40. The summed E-state index contributed by atoms with van der Waals surface area (Å²) in [5, 5.41) is 30.1. The molecule has 0 fully saturated rings. The van der Waals surface area contributed by atoms with Gasteiger partial charge in [0.05, 0.1) is 28.8 Å². The Hall–Kier alpha value is -4.88. The largest absolute Gasteiger partial charge is 0.457 e. The number of para-hydroxylation sites is 1. The summed E-state index contributed by atoms with van der Waals surface area (Å²) in [5.74, 6) is 1.45. The van der Waals surface area contributed by atoms with Gasteiger partial charge in [0.2, 0.25) is 0 Å². The van der Waals surface area contributed by atoms with Gasteiger partial charge < -0.3 is 14.5 Å². The Morgan fingerprint density at radius 3 is 2.29 bits per heavy atom. The van der Waals surface area contributed by atoms with E-state index in [1.165, 1.54) is 5.56 Å². The molecule has 1 spiro atoms. The zero-order valence-corrected chi connectivity index (χ0v) is 25.8. The molecule has 1 radical (unpaired) electrons. The molecule has 1 heterocycles. The number of rotatable bonds is 5. The van der Waals surface area contributed by atoms with E-state index >= 15 is 0 Å². The molecule has 219 valence electrons. The SMILES string of the molecule is CC(C)(O)C(C)(C)O[B]c1ccc2c(c1)C1(c3ccccc3Oc3ccc(C4C=C(C#N)C=C(C#N)C4)cc31)c1ccccc1-2. The summed E-state index contributed by atoms with van der Waals surface area (Å²) in [6.07, 6.45) is 4.17. The molecular formula is C39H32BN2O3. The van der Waals surface area contributed by atoms with Crippen LogP contribution in [0.2, 0.25) is 0 Å². The molecule has 4 aromatic carbocycles. The van der Waals surface area contributed by atoms with Crippen molar-refractivity contribution in [1.29, 1.82) is 10.5 Å². The van der Waals surface area contributed by atoms with E-state index in [1.807, 2.05) is 38.1 Å². The predicted molar refractivity (Wildman–Crippen MR) is 175 cm³/mol. The molecule has 4 aromatic rings. The Balaban J connectivity index is 1.45. The molecule has 0 amide bonds. The van der Waals surface area contributed by atoms with Gasteiger partial charge in [0.25, 0.3) is 0 Å². The minimum atomic E-state index is -1.05. The molecule has 1 N–H and O–H groups in total. The van der Waals surface area contributed by atoms with E-state index in [1.54, 1.807) is 27.4 Å². The molecular weight excluding hydrogens is 555 g/mol. The minimum Gasteiger partial charge on any atom is -0.457 e. The van der Waals surface area contributed by atoms with Crippen LogP contribution in [0.15, 0.2) is 108 Å². The molecule has 2 aliphatic carbocycles. The number of ether oxygens (including phenoxy) is 1.